The molecule has 0 amide bonds. The molecular weight excluding hydrogens is 288 g/mol. The van der Waals surface area contributed by atoms with Crippen LogP contribution in [0.25, 0.3) is 11.5 Å². The maximum Gasteiger partial charge on any atom is 0.259 e. The Labute approximate surface area is 129 Å². The van der Waals surface area contributed by atoms with Gasteiger partial charge in [-0.3, -0.25) is 4.90 Å². The Hall–Kier alpha value is -1.43. The molecule has 6 heteroatoms. The fourth-order valence-electron chi connectivity index (χ4n) is 2.58. The van der Waals surface area contributed by atoms with Crippen molar-refractivity contribution in [1.29, 1.82) is 0 Å². The van der Waals surface area contributed by atoms with Crippen LogP contribution in [0.1, 0.15) is 19.7 Å². The van der Waals surface area contributed by atoms with Gasteiger partial charge in [-0.25, -0.2) is 0 Å². The van der Waals surface area contributed by atoms with Crippen LogP contribution in [0, 0.1) is 0 Å². The van der Waals surface area contributed by atoms with Crippen molar-refractivity contribution in [2.24, 2.45) is 0 Å². The molecule has 2 heterocycles. The van der Waals surface area contributed by atoms with Crippen LogP contribution < -0.4 is 5.32 Å². The predicted molar refractivity (Wildman–Crippen MR) is 82.2 cm³/mol. The molecule has 5 nitrogen and oxygen atoms in total. The standard InChI is InChI=1S/C15H19ClN4O/c1-15(2,20-9-7-17-8-10-20)14-18-13(21-19-14)11-5-3-4-6-12(11)16/h3-6,17H,7-10H2,1-2H3. The number of nitrogens with one attached hydrogen (secondary N) is 1. The molecule has 0 unspecified atom stereocenters. The van der Waals surface area contributed by atoms with Crippen LogP contribution in [0.4, 0.5) is 0 Å². The van der Waals surface area contributed by atoms with Gasteiger partial charge in [-0.15, -0.1) is 0 Å². The molecule has 1 aliphatic rings. The van der Waals surface area contributed by atoms with E-state index in [0.29, 0.717) is 16.7 Å². The molecule has 0 bridgehead atoms. The Morgan fingerprint density at radius 1 is 1.24 bits per heavy atom. The molecule has 3 rings (SSSR count). The summed E-state index contributed by atoms with van der Waals surface area (Å²) in [4.78, 5) is 6.93. The van der Waals surface area contributed by atoms with Crippen molar-refractivity contribution in [2.45, 2.75) is 19.4 Å². The number of aromatic nitrogens is 2. The molecule has 1 aliphatic heterocycles. The number of halogens is 1. The number of piperazine rings is 1. The van der Waals surface area contributed by atoms with Gasteiger partial charge in [0, 0.05) is 26.2 Å². The van der Waals surface area contributed by atoms with Gasteiger partial charge in [0.25, 0.3) is 5.89 Å². The first-order chi connectivity index (χ1) is 10.1. The lowest BCUT2D eigenvalue weighted by molar-refractivity contribution is 0.0925. The van der Waals surface area contributed by atoms with Crippen molar-refractivity contribution in [3.05, 3.63) is 35.1 Å². The minimum absolute atomic E-state index is 0.259. The molecule has 0 radical (unpaired) electrons. The van der Waals surface area contributed by atoms with Crippen molar-refractivity contribution in [2.75, 3.05) is 26.2 Å². The minimum Gasteiger partial charge on any atom is -0.334 e. The Morgan fingerprint density at radius 3 is 2.67 bits per heavy atom. The fraction of sp³-hybridized carbons (Fsp3) is 0.467. The maximum atomic E-state index is 6.18. The average Bonchev–Trinajstić information content (AvgIpc) is 2.99. The van der Waals surface area contributed by atoms with Crippen molar-refractivity contribution < 1.29 is 4.52 Å². The summed E-state index contributed by atoms with van der Waals surface area (Å²) in [5.74, 6) is 1.16. The summed E-state index contributed by atoms with van der Waals surface area (Å²) in [6.07, 6.45) is 0. The van der Waals surface area contributed by atoms with Crippen LogP contribution in [0.15, 0.2) is 28.8 Å². The highest BCUT2D eigenvalue weighted by Gasteiger charge is 2.34. The number of hydrogen-bond acceptors (Lipinski definition) is 5. The van der Waals surface area contributed by atoms with Gasteiger partial charge in [0.15, 0.2) is 5.82 Å². The third-order valence-corrected chi connectivity index (χ3v) is 4.31. The molecule has 2 aromatic rings. The highest BCUT2D eigenvalue weighted by atomic mass is 35.5. The SMILES string of the molecule is CC(C)(c1noc(-c2ccccc2Cl)n1)N1CCNCC1. The van der Waals surface area contributed by atoms with Gasteiger partial charge in [0.1, 0.15) is 0 Å². The van der Waals surface area contributed by atoms with E-state index in [1.165, 1.54) is 0 Å². The molecule has 0 atom stereocenters. The monoisotopic (exact) mass is 306 g/mol. The normalized spacial score (nSPS) is 17.1. The second-order valence-electron chi connectivity index (χ2n) is 5.70. The third kappa shape index (κ3) is 2.81. The lowest BCUT2D eigenvalue weighted by Crippen LogP contribution is -2.52. The first-order valence-electron chi connectivity index (χ1n) is 7.14. The van der Waals surface area contributed by atoms with E-state index in [-0.39, 0.29) is 5.54 Å². The molecule has 21 heavy (non-hydrogen) atoms. The van der Waals surface area contributed by atoms with E-state index in [1.54, 1.807) is 0 Å². The Morgan fingerprint density at radius 2 is 1.95 bits per heavy atom. The summed E-state index contributed by atoms with van der Waals surface area (Å²) in [6, 6.07) is 7.50. The summed E-state index contributed by atoms with van der Waals surface area (Å²) in [5.41, 5.74) is 0.513. The van der Waals surface area contributed by atoms with Gasteiger partial charge in [0.05, 0.1) is 16.1 Å². The largest absolute Gasteiger partial charge is 0.334 e. The van der Waals surface area contributed by atoms with E-state index in [2.05, 4.69) is 34.2 Å². The van der Waals surface area contributed by atoms with E-state index in [4.69, 9.17) is 16.1 Å². The number of rotatable bonds is 3. The van der Waals surface area contributed by atoms with Gasteiger partial charge in [0.2, 0.25) is 0 Å². The van der Waals surface area contributed by atoms with Crippen molar-refractivity contribution in [3.8, 4) is 11.5 Å². The summed E-state index contributed by atoms with van der Waals surface area (Å²) in [7, 11) is 0. The second-order valence-corrected chi connectivity index (χ2v) is 6.11. The van der Waals surface area contributed by atoms with Crippen molar-refractivity contribution in [3.63, 3.8) is 0 Å². The molecule has 112 valence electrons. The molecule has 0 aliphatic carbocycles. The number of benzene rings is 1. The topological polar surface area (TPSA) is 54.2 Å². The van der Waals surface area contributed by atoms with E-state index in [1.807, 2.05) is 24.3 Å². The summed E-state index contributed by atoms with van der Waals surface area (Å²) >= 11 is 6.18. The molecule has 1 saturated heterocycles. The fourth-order valence-corrected chi connectivity index (χ4v) is 2.80. The van der Waals surface area contributed by atoms with Crippen molar-refractivity contribution in [1.82, 2.24) is 20.4 Å². The zero-order chi connectivity index (χ0) is 14.9. The van der Waals surface area contributed by atoms with Crippen LogP contribution in [-0.2, 0) is 5.54 Å². The molecule has 1 aromatic heterocycles. The molecule has 1 aromatic carbocycles. The highest BCUT2D eigenvalue weighted by molar-refractivity contribution is 6.33. The smallest absolute Gasteiger partial charge is 0.259 e. The van der Waals surface area contributed by atoms with Gasteiger partial charge in [-0.05, 0) is 26.0 Å². The van der Waals surface area contributed by atoms with Gasteiger partial charge < -0.3 is 9.84 Å². The Bertz CT molecular complexity index is 620. The van der Waals surface area contributed by atoms with E-state index in [9.17, 15) is 0 Å². The number of hydrogen-bond donors (Lipinski definition) is 1. The minimum atomic E-state index is -0.259. The van der Waals surface area contributed by atoms with Crippen molar-refractivity contribution >= 4 is 11.6 Å². The van der Waals surface area contributed by atoms with Crippen LogP contribution >= 0.6 is 11.6 Å². The van der Waals surface area contributed by atoms with Crippen LogP contribution in [-0.4, -0.2) is 41.2 Å². The zero-order valence-electron chi connectivity index (χ0n) is 12.3. The maximum absolute atomic E-state index is 6.18. The van der Waals surface area contributed by atoms with E-state index >= 15 is 0 Å². The first kappa shape index (κ1) is 14.5. The first-order valence-corrected chi connectivity index (χ1v) is 7.51. The van der Waals surface area contributed by atoms with Gasteiger partial charge in [-0.1, -0.05) is 28.9 Å². The molecule has 1 fully saturated rings. The zero-order valence-corrected chi connectivity index (χ0v) is 13.0. The lowest BCUT2D eigenvalue weighted by atomic mass is 10.0. The Balaban J connectivity index is 1.89. The quantitative estimate of drug-likeness (QED) is 0.944. The average molecular weight is 307 g/mol. The number of nitrogens with zero attached hydrogens (tertiary/aromatic N) is 3. The Kier molecular flexibility index (Phi) is 3.97. The van der Waals surface area contributed by atoms with Crippen LogP contribution in [0.2, 0.25) is 5.02 Å². The van der Waals surface area contributed by atoms with Crippen LogP contribution in [0.5, 0.6) is 0 Å². The lowest BCUT2D eigenvalue weighted by Gasteiger charge is -2.38. The molecule has 0 spiro atoms. The highest BCUT2D eigenvalue weighted by Crippen LogP contribution is 2.30. The van der Waals surface area contributed by atoms with Crippen LogP contribution in [0.3, 0.4) is 0 Å². The van der Waals surface area contributed by atoms with E-state index in [0.717, 1.165) is 31.7 Å². The van der Waals surface area contributed by atoms with Gasteiger partial charge >= 0.3 is 0 Å². The van der Waals surface area contributed by atoms with E-state index < -0.39 is 0 Å². The summed E-state index contributed by atoms with van der Waals surface area (Å²) in [5, 5.41) is 8.15. The predicted octanol–water partition coefficient (Wildman–Crippen LogP) is 2.53. The van der Waals surface area contributed by atoms with Gasteiger partial charge in [-0.2, -0.15) is 4.98 Å². The summed E-state index contributed by atoms with van der Waals surface area (Å²) < 4.78 is 5.42. The third-order valence-electron chi connectivity index (χ3n) is 3.99. The summed E-state index contributed by atoms with van der Waals surface area (Å²) in [6.45, 7) is 8.17. The second kappa shape index (κ2) is 5.75. The molecular formula is C15H19ClN4O. The molecule has 1 N–H and O–H groups in total. The molecule has 0 saturated carbocycles.